The van der Waals surface area contributed by atoms with E-state index >= 15 is 0 Å². The molecule has 0 bridgehead atoms. The molecule has 1 unspecified atom stereocenters. The molecule has 1 aromatic carbocycles. The Morgan fingerprint density at radius 2 is 2.00 bits per heavy atom. The van der Waals surface area contributed by atoms with Gasteiger partial charge >= 0.3 is 6.09 Å². The highest BCUT2D eigenvalue weighted by atomic mass is 35.5. The number of benzene rings is 1. The van der Waals surface area contributed by atoms with E-state index in [4.69, 9.17) is 16.7 Å². The Morgan fingerprint density at radius 3 is 2.56 bits per heavy atom. The van der Waals surface area contributed by atoms with Crippen molar-refractivity contribution in [3.05, 3.63) is 35.9 Å². The predicted octanol–water partition coefficient (Wildman–Crippen LogP) is 1.46. The van der Waals surface area contributed by atoms with Crippen LogP contribution in [-0.2, 0) is 6.42 Å². The zero-order valence-corrected chi connectivity index (χ0v) is 9.39. The molecule has 0 radical (unpaired) electrons. The van der Waals surface area contributed by atoms with Crippen molar-refractivity contribution < 1.29 is 15.0 Å². The summed E-state index contributed by atoms with van der Waals surface area (Å²) in [6.07, 6.45) is -1.55. The highest BCUT2D eigenvalue weighted by Gasteiger charge is 2.17. The van der Waals surface area contributed by atoms with Crippen LogP contribution in [0, 0.1) is 0 Å². The second-order valence-electron chi connectivity index (χ2n) is 3.46. The van der Waals surface area contributed by atoms with E-state index in [9.17, 15) is 9.90 Å². The first-order valence-electron chi connectivity index (χ1n) is 4.92. The largest absolute Gasteiger partial charge is 0.465 e. The van der Waals surface area contributed by atoms with Crippen LogP contribution < -0.4 is 5.32 Å². The summed E-state index contributed by atoms with van der Waals surface area (Å²) in [6.45, 7) is -0.0592. The van der Waals surface area contributed by atoms with Crippen molar-refractivity contribution >= 4 is 17.7 Å². The Balaban J connectivity index is 2.39. The van der Waals surface area contributed by atoms with Crippen LogP contribution in [0.2, 0.25) is 0 Å². The SMILES string of the molecule is O=C(O)NC[C@H](O)C(Cl)Cc1ccccc1. The number of amides is 1. The lowest BCUT2D eigenvalue weighted by Crippen LogP contribution is -2.36. The van der Waals surface area contributed by atoms with Gasteiger partial charge in [-0.2, -0.15) is 0 Å². The number of hydrogen-bond donors (Lipinski definition) is 3. The lowest BCUT2D eigenvalue weighted by atomic mass is 10.1. The van der Waals surface area contributed by atoms with E-state index in [-0.39, 0.29) is 6.54 Å². The third-order valence-electron chi connectivity index (χ3n) is 2.15. The average molecular weight is 244 g/mol. The van der Waals surface area contributed by atoms with Gasteiger partial charge in [0, 0.05) is 6.54 Å². The number of carbonyl (C=O) groups is 1. The molecule has 0 aliphatic carbocycles. The minimum atomic E-state index is -1.16. The first kappa shape index (κ1) is 12.8. The molecule has 4 nitrogen and oxygen atoms in total. The van der Waals surface area contributed by atoms with Crippen LogP contribution in [0.25, 0.3) is 0 Å². The Kier molecular flexibility index (Phi) is 5.08. The topological polar surface area (TPSA) is 69.6 Å². The zero-order valence-electron chi connectivity index (χ0n) is 8.64. The van der Waals surface area contributed by atoms with Crippen molar-refractivity contribution in [1.82, 2.24) is 5.32 Å². The summed E-state index contributed by atoms with van der Waals surface area (Å²) in [5.41, 5.74) is 1.01. The fourth-order valence-corrected chi connectivity index (χ4v) is 1.56. The molecule has 0 saturated heterocycles. The third-order valence-corrected chi connectivity index (χ3v) is 2.60. The number of halogens is 1. The van der Waals surface area contributed by atoms with Gasteiger partial charge in [0.2, 0.25) is 0 Å². The van der Waals surface area contributed by atoms with E-state index in [0.717, 1.165) is 5.56 Å². The molecule has 0 aliphatic heterocycles. The molecule has 1 aromatic rings. The smallest absolute Gasteiger partial charge is 0.404 e. The van der Waals surface area contributed by atoms with Gasteiger partial charge in [0.1, 0.15) is 0 Å². The fraction of sp³-hybridized carbons (Fsp3) is 0.364. The van der Waals surface area contributed by atoms with Gasteiger partial charge in [-0.15, -0.1) is 11.6 Å². The lowest BCUT2D eigenvalue weighted by molar-refractivity contribution is 0.153. The van der Waals surface area contributed by atoms with Crippen LogP contribution in [0.5, 0.6) is 0 Å². The molecule has 1 amide bonds. The van der Waals surface area contributed by atoms with Crippen LogP contribution in [-0.4, -0.2) is 34.3 Å². The van der Waals surface area contributed by atoms with Crippen LogP contribution in [0.4, 0.5) is 4.79 Å². The van der Waals surface area contributed by atoms with Crippen molar-refractivity contribution in [3.63, 3.8) is 0 Å². The first-order valence-corrected chi connectivity index (χ1v) is 5.36. The predicted molar refractivity (Wildman–Crippen MR) is 61.8 cm³/mol. The zero-order chi connectivity index (χ0) is 12.0. The van der Waals surface area contributed by atoms with E-state index < -0.39 is 17.6 Å². The summed E-state index contributed by atoms with van der Waals surface area (Å²) in [5.74, 6) is 0. The van der Waals surface area contributed by atoms with Crippen molar-refractivity contribution in [2.45, 2.75) is 17.9 Å². The number of rotatable bonds is 5. The second-order valence-corrected chi connectivity index (χ2v) is 4.02. The molecule has 0 heterocycles. The Morgan fingerprint density at radius 1 is 1.38 bits per heavy atom. The number of aliphatic hydroxyl groups is 1. The summed E-state index contributed by atoms with van der Waals surface area (Å²) in [4.78, 5) is 10.2. The quantitative estimate of drug-likeness (QED) is 0.686. The average Bonchev–Trinajstić information content (AvgIpc) is 2.27. The van der Waals surface area contributed by atoms with E-state index in [1.54, 1.807) is 0 Å². The third kappa shape index (κ3) is 4.51. The van der Waals surface area contributed by atoms with Crippen LogP contribution in [0.3, 0.4) is 0 Å². The molecule has 0 saturated carbocycles. The summed E-state index contributed by atoms with van der Waals surface area (Å²) in [6, 6.07) is 9.50. The second kappa shape index (κ2) is 6.35. The van der Waals surface area contributed by atoms with Gasteiger partial charge in [0.25, 0.3) is 0 Å². The minimum Gasteiger partial charge on any atom is -0.465 e. The van der Waals surface area contributed by atoms with E-state index in [1.165, 1.54) is 0 Å². The van der Waals surface area contributed by atoms with Crippen LogP contribution in [0.1, 0.15) is 5.56 Å². The standard InChI is InChI=1S/C11H14ClNO3/c12-9(10(14)7-13-11(15)16)6-8-4-2-1-3-5-8/h1-5,9-10,13-14H,6-7H2,(H,15,16)/t9?,10-/m0/s1. The number of nitrogens with one attached hydrogen (secondary N) is 1. The molecule has 5 heteroatoms. The van der Waals surface area contributed by atoms with Crippen molar-refractivity contribution in [2.24, 2.45) is 0 Å². The van der Waals surface area contributed by atoms with Gasteiger partial charge in [0.15, 0.2) is 0 Å². The van der Waals surface area contributed by atoms with Crippen molar-refractivity contribution in [3.8, 4) is 0 Å². The Hall–Kier alpha value is -1.26. The maximum absolute atomic E-state index is 10.2. The highest BCUT2D eigenvalue weighted by molar-refractivity contribution is 6.21. The normalized spacial score (nSPS) is 14.1. The molecule has 0 aliphatic rings. The fourth-order valence-electron chi connectivity index (χ4n) is 1.30. The molecule has 0 spiro atoms. The van der Waals surface area contributed by atoms with E-state index in [1.807, 2.05) is 30.3 Å². The van der Waals surface area contributed by atoms with Gasteiger partial charge in [-0.1, -0.05) is 30.3 Å². The molecule has 0 aromatic heterocycles. The summed E-state index contributed by atoms with van der Waals surface area (Å²) in [7, 11) is 0. The van der Waals surface area contributed by atoms with Crippen LogP contribution >= 0.6 is 11.6 Å². The summed E-state index contributed by atoms with van der Waals surface area (Å²) in [5, 5.41) is 19.5. The summed E-state index contributed by atoms with van der Waals surface area (Å²) >= 11 is 5.97. The molecular formula is C11H14ClNO3. The first-order chi connectivity index (χ1) is 7.59. The van der Waals surface area contributed by atoms with Gasteiger partial charge in [-0.05, 0) is 12.0 Å². The lowest BCUT2D eigenvalue weighted by Gasteiger charge is -2.16. The minimum absolute atomic E-state index is 0.0592. The van der Waals surface area contributed by atoms with Gasteiger partial charge in [-0.3, -0.25) is 0 Å². The maximum atomic E-state index is 10.2. The monoisotopic (exact) mass is 243 g/mol. The van der Waals surface area contributed by atoms with Crippen LogP contribution in [0.15, 0.2) is 30.3 Å². The number of hydrogen-bond acceptors (Lipinski definition) is 2. The highest BCUT2D eigenvalue weighted by Crippen LogP contribution is 2.11. The van der Waals surface area contributed by atoms with Gasteiger partial charge in [0.05, 0.1) is 11.5 Å². The van der Waals surface area contributed by atoms with Gasteiger partial charge in [-0.25, -0.2) is 4.79 Å². The molecule has 0 fully saturated rings. The Bertz CT molecular complexity index is 331. The molecular weight excluding hydrogens is 230 g/mol. The van der Waals surface area contributed by atoms with E-state index in [0.29, 0.717) is 6.42 Å². The number of alkyl halides is 1. The van der Waals surface area contributed by atoms with Crippen molar-refractivity contribution in [1.29, 1.82) is 0 Å². The number of carboxylic acid groups (broad SMARTS) is 1. The summed E-state index contributed by atoms with van der Waals surface area (Å²) < 4.78 is 0. The molecule has 16 heavy (non-hydrogen) atoms. The van der Waals surface area contributed by atoms with Crippen molar-refractivity contribution in [2.75, 3.05) is 6.54 Å². The molecule has 1 rings (SSSR count). The van der Waals surface area contributed by atoms with E-state index in [2.05, 4.69) is 5.32 Å². The number of aliphatic hydroxyl groups excluding tert-OH is 1. The molecule has 88 valence electrons. The maximum Gasteiger partial charge on any atom is 0.404 e. The van der Waals surface area contributed by atoms with Gasteiger partial charge < -0.3 is 15.5 Å². The molecule has 2 atom stereocenters. The Labute approximate surface area is 98.9 Å². The molecule has 3 N–H and O–H groups in total.